The Kier molecular flexibility index (Phi) is 4.35. The summed E-state index contributed by atoms with van der Waals surface area (Å²) in [4.78, 5) is 24.1. The number of anilines is 1. The highest BCUT2D eigenvalue weighted by atomic mass is 19.1. The molecule has 0 spiro atoms. The third kappa shape index (κ3) is 3.00. The van der Waals surface area contributed by atoms with Crippen LogP contribution in [0.2, 0.25) is 0 Å². The Morgan fingerprint density at radius 2 is 1.86 bits per heavy atom. The van der Waals surface area contributed by atoms with Gasteiger partial charge in [-0.15, -0.1) is 0 Å². The van der Waals surface area contributed by atoms with Crippen molar-refractivity contribution < 1.29 is 23.8 Å². The van der Waals surface area contributed by atoms with Crippen LogP contribution >= 0.6 is 0 Å². The summed E-state index contributed by atoms with van der Waals surface area (Å²) < 4.78 is 20.3. The predicted octanol–water partition coefficient (Wildman–Crippen LogP) is 3.80. The van der Waals surface area contributed by atoms with Crippen LogP contribution in [0.5, 0.6) is 5.75 Å². The summed E-state index contributed by atoms with van der Waals surface area (Å²) >= 11 is 0. The highest BCUT2D eigenvalue weighted by Gasteiger charge is 2.34. The maximum Gasteiger partial charge on any atom is 0.339 e. The van der Waals surface area contributed by atoms with Crippen LogP contribution in [0.1, 0.15) is 34.0 Å². The molecule has 0 saturated carbocycles. The van der Waals surface area contributed by atoms with Gasteiger partial charge in [0.2, 0.25) is 5.91 Å². The molecule has 0 bridgehead atoms. The molecule has 142 valence electrons. The molecule has 0 saturated heterocycles. The highest BCUT2D eigenvalue weighted by molar-refractivity contribution is 6.04. The first-order valence-electron chi connectivity index (χ1n) is 8.66. The minimum absolute atomic E-state index is 0.00844. The van der Waals surface area contributed by atoms with E-state index in [0.717, 1.165) is 5.56 Å². The van der Waals surface area contributed by atoms with Gasteiger partial charge < -0.3 is 19.7 Å². The number of ether oxygens (including phenoxy) is 1. The quantitative estimate of drug-likeness (QED) is 0.722. The van der Waals surface area contributed by atoms with E-state index in [-0.39, 0.29) is 35.3 Å². The van der Waals surface area contributed by atoms with Crippen molar-refractivity contribution in [1.29, 1.82) is 0 Å². The Labute approximate surface area is 160 Å². The van der Waals surface area contributed by atoms with Crippen LogP contribution in [0.3, 0.4) is 0 Å². The Morgan fingerprint density at radius 1 is 1.18 bits per heavy atom. The van der Waals surface area contributed by atoms with Gasteiger partial charge in [0.1, 0.15) is 17.1 Å². The number of carboxylic acid groups (broad SMARTS) is 1. The summed E-state index contributed by atoms with van der Waals surface area (Å²) in [5, 5.41) is 12.3. The molecule has 0 fully saturated rings. The van der Waals surface area contributed by atoms with E-state index in [9.17, 15) is 19.1 Å². The van der Waals surface area contributed by atoms with Gasteiger partial charge in [-0.1, -0.05) is 12.1 Å². The molecule has 2 heterocycles. The molecule has 4 rings (SSSR count). The average Bonchev–Trinajstić information content (AvgIpc) is 3.07. The SMILES string of the molecule is COc1ccc([C@H]2CC(=O)Nc3c(C(=O)O)cn(-c4ccc(F)cc4)c32)cc1. The fraction of sp³-hybridized carbons (Fsp3) is 0.143. The maximum absolute atomic E-state index is 13.4. The summed E-state index contributed by atoms with van der Waals surface area (Å²) in [6, 6.07) is 13.1. The third-order valence-electron chi connectivity index (χ3n) is 4.88. The zero-order valence-electron chi connectivity index (χ0n) is 15.0. The largest absolute Gasteiger partial charge is 0.497 e. The molecule has 1 atom stereocenters. The van der Waals surface area contributed by atoms with Gasteiger partial charge in [0.05, 0.1) is 18.5 Å². The van der Waals surface area contributed by atoms with Gasteiger partial charge >= 0.3 is 5.97 Å². The van der Waals surface area contributed by atoms with Crippen molar-refractivity contribution in [2.24, 2.45) is 0 Å². The molecule has 0 radical (unpaired) electrons. The van der Waals surface area contributed by atoms with Crippen molar-refractivity contribution in [1.82, 2.24) is 4.57 Å². The third-order valence-corrected chi connectivity index (χ3v) is 4.88. The Morgan fingerprint density at radius 3 is 2.46 bits per heavy atom. The zero-order chi connectivity index (χ0) is 19.8. The molecule has 3 aromatic rings. The van der Waals surface area contributed by atoms with E-state index in [1.54, 1.807) is 35.9 Å². The molecule has 0 unspecified atom stereocenters. The van der Waals surface area contributed by atoms with Crippen molar-refractivity contribution >= 4 is 17.6 Å². The number of rotatable bonds is 4. The second kappa shape index (κ2) is 6.84. The number of methoxy groups -OCH3 is 1. The summed E-state index contributed by atoms with van der Waals surface area (Å²) in [5.74, 6) is -1.46. The van der Waals surface area contributed by atoms with Crippen molar-refractivity contribution in [3.63, 3.8) is 0 Å². The van der Waals surface area contributed by atoms with Crippen LogP contribution < -0.4 is 10.1 Å². The normalized spacial score (nSPS) is 15.6. The second-order valence-corrected chi connectivity index (χ2v) is 6.53. The smallest absolute Gasteiger partial charge is 0.339 e. The molecular formula is C21H17FN2O4. The number of benzene rings is 2. The monoisotopic (exact) mass is 380 g/mol. The van der Waals surface area contributed by atoms with Crippen molar-refractivity contribution in [2.75, 3.05) is 12.4 Å². The number of aromatic nitrogens is 1. The number of nitrogens with one attached hydrogen (secondary N) is 1. The fourth-order valence-electron chi connectivity index (χ4n) is 3.56. The van der Waals surface area contributed by atoms with Gasteiger partial charge in [0.15, 0.2) is 0 Å². The number of carbonyl (C=O) groups excluding carboxylic acids is 1. The molecule has 28 heavy (non-hydrogen) atoms. The fourth-order valence-corrected chi connectivity index (χ4v) is 3.56. The van der Waals surface area contributed by atoms with Gasteiger partial charge in [-0.2, -0.15) is 0 Å². The minimum Gasteiger partial charge on any atom is -0.497 e. The van der Waals surface area contributed by atoms with E-state index < -0.39 is 5.97 Å². The lowest BCUT2D eigenvalue weighted by molar-refractivity contribution is -0.116. The van der Waals surface area contributed by atoms with Gasteiger partial charge in [0.25, 0.3) is 0 Å². The summed E-state index contributed by atoms with van der Waals surface area (Å²) in [6.45, 7) is 0. The number of carboxylic acids is 1. The first-order valence-corrected chi connectivity index (χ1v) is 8.66. The van der Waals surface area contributed by atoms with Crippen LogP contribution in [0.15, 0.2) is 54.7 Å². The van der Waals surface area contributed by atoms with E-state index >= 15 is 0 Å². The number of nitrogens with zero attached hydrogens (tertiary/aromatic N) is 1. The molecular weight excluding hydrogens is 363 g/mol. The number of aromatic carboxylic acids is 1. The number of amides is 1. The van der Waals surface area contributed by atoms with Crippen molar-refractivity contribution in [2.45, 2.75) is 12.3 Å². The molecule has 6 nitrogen and oxygen atoms in total. The van der Waals surface area contributed by atoms with Crippen LogP contribution in [-0.4, -0.2) is 28.7 Å². The zero-order valence-corrected chi connectivity index (χ0v) is 15.0. The van der Waals surface area contributed by atoms with Crippen molar-refractivity contribution in [3.05, 3.63) is 77.4 Å². The number of hydrogen-bond donors (Lipinski definition) is 2. The standard InChI is InChI=1S/C21H17FN2O4/c1-28-15-8-2-12(3-9-15)16-10-18(25)23-19-17(21(26)27)11-24(20(16)19)14-6-4-13(22)5-7-14/h2-9,11,16H,10H2,1H3,(H,23,25)(H,26,27)/t16-/m1/s1. The average molecular weight is 380 g/mol. The molecule has 1 aliphatic rings. The summed E-state index contributed by atoms with van der Waals surface area (Å²) in [7, 11) is 1.57. The number of hydrogen-bond acceptors (Lipinski definition) is 3. The first-order chi connectivity index (χ1) is 13.5. The highest BCUT2D eigenvalue weighted by Crippen LogP contribution is 2.41. The predicted molar refractivity (Wildman–Crippen MR) is 101 cm³/mol. The number of fused-ring (bicyclic) bond motifs is 1. The molecule has 2 aromatic carbocycles. The Bertz CT molecular complexity index is 1060. The summed E-state index contributed by atoms with van der Waals surface area (Å²) in [6.07, 6.45) is 1.63. The molecule has 1 aromatic heterocycles. The van der Waals surface area contributed by atoms with Crippen LogP contribution in [0.4, 0.5) is 10.1 Å². The lowest BCUT2D eigenvalue weighted by atomic mass is 9.88. The van der Waals surface area contributed by atoms with Crippen LogP contribution in [-0.2, 0) is 4.79 Å². The Hall–Kier alpha value is -3.61. The van der Waals surface area contributed by atoms with E-state index in [1.165, 1.54) is 18.3 Å². The second-order valence-electron chi connectivity index (χ2n) is 6.53. The molecule has 2 N–H and O–H groups in total. The van der Waals surface area contributed by atoms with E-state index in [0.29, 0.717) is 17.1 Å². The molecule has 7 heteroatoms. The van der Waals surface area contributed by atoms with Gasteiger partial charge in [0, 0.05) is 24.2 Å². The van der Waals surface area contributed by atoms with Gasteiger partial charge in [-0.25, -0.2) is 9.18 Å². The van der Waals surface area contributed by atoms with E-state index in [4.69, 9.17) is 4.74 Å². The Balaban J connectivity index is 1.92. The number of carbonyl (C=O) groups is 2. The molecule has 1 amide bonds. The lowest BCUT2D eigenvalue weighted by Crippen LogP contribution is -2.25. The van der Waals surface area contributed by atoms with E-state index in [2.05, 4.69) is 5.32 Å². The van der Waals surface area contributed by atoms with Crippen LogP contribution in [0, 0.1) is 5.82 Å². The summed E-state index contributed by atoms with van der Waals surface area (Å²) in [5.41, 5.74) is 2.38. The molecule has 0 aliphatic carbocycles. The van der Waals surface area contributed by atoms with E-state index in [1.807, 2.05) is 12.1 Å². The first kappa shape index (κ1) is 17.8. The maximum atomic E-state index is 13.4. The van der Waals surface area contributed by atoms with Gasteiger partial charge in [-0.05, 0) is 42.0 Å². The number of halogens is 1. The van der Waals surface area contributed by atoms with Gasteiger partial charge in [-0.3, -0.25) is 4.79 Å². The lowest BCUT2D eigenvalue weighted by Gasteiger charge is -2.26. The topological polar surface area (TPSA) is 80.6 Å². The van der Waals surface area contributed by atoms with Crippen LogP contribution in [0.25, 0.3) is 5.69 Å². The minimum atomic E-state index is -1.15. The van der Waals surface area contributed by atoms with Crippen molar-refractivity contribution in [3.8, 4) is 11.4 Å². The molecule has 1 aliphatic heterocycles.